The van der Waals surface area contributed by atoms with Crippen molar-refractivity contribution in [1.29, 1.82) is 0 Å². The van der Waals surface area contributed by atoms with Gasteiger partial charge in [-0.3, -0.25) is 0 Å². The summed E-state index contributed by atoms with van der Waals surface area (Å²) in [6.45, 7) is 4.84. The SMILES string of the molecule is CCCOCCOc1c(Br)cc(CNC2CC2)cc1OC. The molecule has 1 saturated carbocycles. The summed E-state index contributed by atoms with van der Waals surface area (Å²) in [7, 11) is 1.67. The minimum Gasteiger partial charge on any atom is -0.493 e. The van der Waals surface area contributed by atoms with Crippen LogP contribution >= 0.6 is 15.9 Å². The van der Waals surface area contributed by atoms with Gasteiger partial charge in [-0.1, -0.05) is 6.92 Å². The molecule has 21 heavy (non-hydrogen) atoms. The summed E-state index contributed by atoms with van der Waals surface area (Å²) < 4.78 is 17.6. The van der Waals surface area contributed by atoms with Gasteiger partial charge in [0, 0.05) is 19.2 Å². The van der Waals surface area contributed by atoms with Crippen molar-refractivity contribution in [1.82, 2.24) is 5.32 Å². The monoisotopic (exact) mass is 357 g/mol. The highest BCUT2D eigenvalue weighted by Gasteiger charge is 2.20. The van der Waals surface area contributed by atoms with Gasteiger partial charge in [0.25, 0.3) is 0 Å². The van der Waals surface area contributed by atoms with Gasteiger partial charge in [-0.25, -0.2) is 0 Å². The van der Waals surface area contributed by atoms with E-state index in [4.69, 9.17) is 14.2 Å². The van der Waals surface area contributed by atoms with Crippen LogP contribution in [0.5, 0.6) is 11.5 Å². The molecule has 1 aromatic rings. The standard InChI is InChI=1S/C16H24BrNO3/c1-3-6-20-7-8-21-16-14(17)9-12(10-15(16)19-2)11-18-13-4-5-13/h9-10,13,18H,3-8,11H2,1-2H3. The van der Waals surface area contributed by atoms with Crippen LogP contribution in [0.2, 0.25) is 0 Å². The second-order valence-corrected chi connectivity index (χ2v) is 6.08. The summed E-state index contributed by atoms with van der Waals surface area (Å²) in [6, 6.07) is 4.81. The third kappa shape index (κ3) is 5.49. The number of halogens is 1. The number of rotatable bonds is 10. The van der Waals surface area contributed by atoms with Gasteiger partial charge >= 0.3 is 0 Å². The third-order valence-corrected chi connectivity index (χ3v) is 3.87. The fraction of sp³-hybridized carbons (Fsp3) is 0.625. The average Bonchev–Trinajstić information content (AvgIpc) is 3.30. The molecule has 1 aliphatic carbocycles. The number of hydrogen-bond acceptors (Lipinski definition) is 4. The molecular formula is C16H24BrNO3. The first kappa shape index (κ1) is 16.6. The van der Waals surface area contributed by atoms with Gasteiger partial charge in [0.1, 0.15) is 6.61 Å². The molecule has 1 fully saturated rings. The Kier molecular flexibility index (Phi) is 6.80. The Labute approximate surface area is 135 Å². The van der Waals surface area contributed by atoms with Crippen LogP contribution in [0.1, 0.15) is 31.7 Å². The normalized spacial score (nSPS) is 14.2. The maximum absolute atomic E-state index is 5.78. The van der Waals surface area contributed by atoms with Crippen LogP contribution in [-0.2, 0) is 11.3 Å². The molecule has 5 heteroatoms. The van der Waals surface area contributed by atoms with Crippen molar-refractivity contribution >= 4 is 15.9 Å². The predicted molar refractivity (Wildman–Crippen MR) is 87.2 cm³/mol. The number of ether oxygens (including phenoxy) is 3. The van der Waals surface area contributed by atoms with E-state index in [1.54, 1.807) is 7.11 Å². The number of nitrogens with one attached hydrogen (secondary N) is 1. The topological polar surface area (TPSA) is 39.7 Å². The molecule has 0 atom stereocenters. The Balaban J connectivity index is 1.91. The summed E-state index contributed by atoms with van der Waals surface area (Å²) >= 11 is 3.57. The average molecular weight is 358 g/mol. The maximum Gasteiger partial charge on any atom is 0.175 e. The first-order valence-corrected chi connectivity index (χ1v) is 8.34. The van der Waals surface area contributed by atoms with Crippen LogP contribution in [0, 0.1) is 0 Å². The van der Waals surface area contributed by atoms with Crippen LogP contribution in [0.25, 0.3) is 0 Å². The lowest BCUT2D eigenvalue weighted by atomic mass is 10.2. The third-order valence-electron chi connectivity index (χ3n) is 3.28. The van der Waals surface area contributed by atoms with Gasteiger partial charge in [0.05, 0.1) is 18.2 Å². The number of benzene rings is 1. The second-order valence-electron chi connectivity index (χ2n) is 5.23. The van der Waals surface area contributed by atoms with Crippen molar-refractivity contribution < 1.29 is 14.2 Å². The minimum atomic E-state index is 0.522. The lowest BCUT2D eigenvalue weighted by Gasteiger charge is -2.15. The summed E-state index contributed by atoms with van der Waals surface area (Å²) in [4.78, 5) is 0. The van der Waals surface area contributed by atoms with Crippen LogP contribution in [0.15, 0.2) is 16.6 Å². The first-order chi connectivity index (χ1) is 10.2. The lowest BCUT2D eigenvalue weighted by Crippen LogP contribution is -2.15. The highest BCUT2D eigenvalue weighted by molar-refractivity contribution is 9.10. The molecular weight excluding hydrogens is 334 g/mol. The van der Waals surface area contributed by atoms with E-state index in [2.05, 4.69) is 34.2 Å². The van der Waals surface area contributed by atoms with Gasteiger partial charge < -0.3 is 19.5 Å². The van der Waals surface area contributed by atoms with Gasteiger partial charge in [-0.2, -0.15) is 0 Å². The van der Waals surface area contributed by atoms with E-state index in [0.717, 1.165) is 35.5 Å². The van der Waals surface area contributed by atoms with Crippen molar-refractivity contribution in [3.63, 3.8) is 0 Å². The number of methoxy groups -OCH3 is 1. The molecule has 1 N–H and O–H groups in total. The highest BCUT2D eigenvalue weighted by Crippen LogP contribution is 2.36. The molecule has 0 bridgehead atoms. The van der Waals surface area contributed by atoms with Crippen LogP contribution < -0.4 is 14.8 Å². The summed E-state index contributed by atoms with van der Waals surface area (Å²) in [5.74, 6) is 1.50. The fourth-order valence-corrected chi connectivity index (χ4v) is 2.62. The van der Waals surface area contributed by atoms with E-state index in [1.165, 1.54) is 18.4 Å². The summed E-state index contributed by atoms with van der Waals surface area (Å²) in [5.41, 5.74) is 1.19. The zero-order valence-electron chi connectivity index (χ0n) is 12.8. The van der Waals surface area contributed by atoms with E-state index in [0.29, 0.717) is 19.3 Å². The van der Waals surface area contributed by atoms with Crippen molar-refractivity contribution in [2.24, 2.45) is 0 Å². The van der Waals surface area contributed by atoms with Gasteiger partial charge in [-0.15, -0.1) is 0 Å². The molecule has 0 spiro atoms. The number of hydrogen-bond donors (Lipinski definition) is 1. The Morgan fingerprint density at radius 1 is 1.24 bits per heavy atom. The van der Waals surface area contributed by atoms with Gasteiger partial charge in [-0.05, 0) is 52.9 Å². The van der Waals surface area contributed by atoms with E-state index < -0.39 is 0 Å². The molecule has 0 heterocycles. The molecule has 0 radical (unpaired) electrons. The highest BCUT2D eigenvalue weighted by atomic mass is 79.9. The second kappa shape index (κ2) is 8.61. The molecule has 1 aromatic carbocycles. The van der Waals surface area contributed by atoms with Crippen molar-refractivity contribution in [2.75, 3.05) is 26.9 Å². The largest absolute Gasteiger partial charge is 0.493 e. The first-order valence-electron chi connectivity index (χ1n) is 7.55. The smallest absolute Gasteiger partial charge is 0.175 e. The van der Waals surface area contributed by atoms with Crippen molar-refractivity contribution in [3.8, 4) is 11.5 Å². The summed E-state index contributed by atoms with van der Waals surface area (Å²) in [6.07, 6.45) is 3.60. The zero-order chi connectivity index (χ0) is 15.1. The van der Waals surface area contributed by atoms with Gasteiger partial charge in [0.2, 0.25) is 0 Å². The zero-order valence-corrected chi connectivity index (χ0v) is 14.4. The molecule has 2 rings (SSSR count). The van der Waals surface area contributed by atoms with Crippen molar-refractivity contribution in [2.45, 2.75) is 38.8 Å². The van der Waals surface area contributed by atoms with E-state index in [-0.39, 0.29) is 0 Å². The van der Waals surface area contributed by atoms with E-state index >= 15 is 0 Å². The fourth-order valence-electron chi connectivity index (χ4n) is 2.01. The van der Waals surface area contributed by atoms with Crippen molar-refractivity contribution in [3.05, 3.63) is 22.2 Å². The quantitative estimate of drug-likeness (QED) is 0.650. The van der Waals surface area contributed by atoms with Crippen LogP contribution in [0.4, 0.5) is 0 Å². The minimum absolute atomic E-state index is 0.522. The molecule has 0 aliphatic heterocycles. The molecule has 0 amide bonds. The van der Waals surface area contributed by atoms with Gasteiger partial charge in [0.15, 0.2) is 11.5 Å². The summed E-state index contributed by atoms with van der Waals surface area (Å²) in [5, 5.41) is 3.50. The Morgan fingerprint density at radius 2 is 2.05 bits per heavy atom. The Hall–Kier alpha value is -0.780. The molecule has 0 aromatic heterocycles. The predicted octanol–water partition coefficient (Wildman–Crippen LogP) is 3.52. The van der Waals surface area contributed by atoms with E-state index in [1.807, 2.05) is 6.07 Å². The molecule has 1 aliphatic rings. The van der Waals surface area contributed by atoms with Crippen LogP contribution in [0.3, 0.4) is 0 Å². The maximum atomic E-state index is 5.78. The molecule has 0 unspecified atom stereocenters. The lowest BCUT2D eigenvalue weighted by molar-refractivity contribution is 0.0992. The Bertz CT molecular complexity index is 449. The van der Waals surface area contributed by atoms with Crippen LogP contribution in [-0.4, -0.2) is 33.0 Å². The molecule has 0 saturated heterocycles. The van der Waals surface area contributed by atoms with E-state index in [9.17, 15) is 0 Å². The molecule has 4 nitrogen and oxygen atoms in total. The Morgan fingerprint density at radius 3 is 2.71 bits per heavy atom. The molecule has 118 valence electrons.